The average molecular weight is 270 g/mol. The fraction of sp³-hybridized carbons (Fsp3) is 0.250. The molecule has 104 valence electrons. The highest BCUT2D eigenvalue weighted by Gasteiger charge is 2.11. The summed E-state index contributed by atoms with van der Waals surface area (Å²) >= 11 is 0. The number of aryl methyl sites for hydroxylation is 2. The maximum Gasteiger partial charge on any atom is 0.269 e. The third kappa shape index (κ3) is 3.22. The molecule has 0 aromatic heterocycles. The molecule has 0 fully saturated rings. The molecule has 0 aliphatic rings. The maximum atomic E-state index is 10.6. The molecule has 0 amide bonds. The first-order chi connectivity index (χ1) is 9.47. The van der Waals surface area contributed by atoms with Crippen LogP contribution in [-0.2, 0) is 6.42 Å². The molecule has 0 aliphatic heterocycles. The van der Waals surface area contributed by atoms with E-state index in [9.17, 15) is 10.1 Å². The molecule has 2 aromatic carbocycles. The number of hydrogen-bond donors (Lipinski definition) is 1. The molecular weight excluding hydrogens is 252 g/mol. The first-order valence-corrected chi connectivity index (χ1v) is 6.53. The zero-order chi connectivity index (χ0) is 14.7. The van der Waals surface area contributed by atoms with Crippen LogP contribution in [0.2, 0.25) is 0 Å². The second kappa shape index (κ2) is 5.84. The molecule has 4 nitrogen and oxygen atoms in total. The standard InChI is InChI=1S/C16H18N2O2/c1-11-3-8-15(12(2)9-11)16(17)10-13-4-6-14(7-5-13)18(19)20/h3-9,16H,10,17H2,1-2H3. The normalized spacial score (nSPS) is 12.2. The second-order valence-corrected chi connectivity index (χ2v) is 5.09. The summed E-state index contributed by atoms with van der Waals surface area (Å²) in [4.78, 5) is 10.2. The molecule has 0 saturated carbocycles. The lowest BCUT2D eigenvalue weighted by molar-refractivity contribution is -0.384. The summed E-state index contributed by atoms with van der Waals surface area (Å²) in [6.07, 6.45) is 0.669. The Hall–Kier alpha value is -2.20. The lowest BCUT2D eigenvalue weighted by Crippen LogP contribution is -2.14. The van der Waals surface area contributed by atoms with Crippen LogP contribution in [0.15, 0.2) is 42.5 Å². The average Bonchev–Trinajstić information content (AvgIpc) is 2.39. The number of benzene rings is 2. The van der Waals surface area contributed by atoms with Crippen LogP contribution in [0.3, 0.4) is 0 Å². The van der Waals surface area contributed by atoms with E-state index in [4.69, 9.17) is 5.73 Å². The number of nitrogens with two attached hydrogens (primary N) is 1. The van der Waals surface area contributed by atoms with Crippen molar-refractivity contribution in [1.82, 2.24) is 0 Å². The summed E-state index contributed by atoms with van der Waals surface area (Å²) in [5.41, 5.74) is 10.9. The SMILES string of the molecule is Cc1ccc(C(N)Cc2ccc([N+](=O)[O-])cc2)c(C)c1. The maximum absolute atomic E-state index is 10.6. The van der Waals surface area contributed by atoms with Gasteiger partial charge in [-0.15, -0.1) is 0 Å². The van der Waals surface area contributed by atoms with E-state index in [1.54, 1.807) is 12.1 Å². The third-order valence-corrected chi connectivity index (χ3v) is 3.43. The van der Waals surface area contributed by atoms with Crippen LogP contribution in [-0.4, -0.2) is 4.92 Å². The largest absolute Gasteiger partial charge is 0.324 e. The van der Waals surface area contributed by atoms with E-state index in [1.807, 2.05) is 0 Å². The summed E-state index contributed by atoms with van der Waals surface area (Å²) in [5, 5.41) is 10.6. The minimum Gasteiger partial charge on any atom is -0.324 e. The van der Waals surface area contributed by atoms with Gasteiger partial charge >= 0.3 is 0 Å². The first-order valence-electron chi connectivity index (χ1n) is 6.53. The highest BCUT2D eigenvalue weighted by atomic mass is 16.6. The van der Waals surface area contributed by atoms with Crippen molar-refractivity contribution in [1.29, 1.82) is 0 Å². The zero-order valence-corrected chi connectivity index (χ0v) is 11.7. The first kappa shape index (κ1) is 14.2. The van der Waals surface area contributed by atoms with Gasteiger partial charge in [0.15, 0.2) is 0 Å². The fourth-order valence-corrected chi connectivity index (χ4v) is 2.36. The minimum absolute atomic E-state index is 0.0999. The van der Waals surface area contributed by atoms with Crippen molar-refractivity contribution >= 4 is 5.69 Å². The second-order valence-electron chi connectivity index (χ2n) is 5.09. The van der Waals surface area contributed by atoms with Gasteiger partial charge in [0.1, 0.15) is 0 Å². The summed E-state index contributed by atoms with van der Waals surface area (Å²) in [7, 11) is 0. The lowest BCUT2D eigenvalue weighted by atomic mass is 9.95. The van der Waals surface area contributed by atoms with Crippen molar-refractivity contribution < 1.29 is 4.92 Å². The van der Waals surface area contributed by atoms with Crippen LogP contribution in [0, 0.1) is 24.0 Å². The van der Waals surface area contributed by atoms with Crippen LogP contribution in [0.5, 0.6) is 0 Å². The summed E-state index contributed by atoms with van der Waals surface area (Å²) < 4.78 is 0. The van der Waals surface area contributed by atoms with Crippen LogP contribution in [0.25, 0.3) is 0 Å². The van der Waals surface area contributed by atoms with Crippen LogP contribution < -0.4 is 5.73 Å². The quantitative estimate of drug-likeness (QED) is 0.683. The van der Waals surface area contributed by atoms with Gasteiger partial charge in [-0.25, -0.2) is 0 Å². The molecule has 0 aliphatic carbocycles. The van der Waals surface area contributed by atoms with Gasteiger partial charge in [0.2, 0.25) is 0 Å². The predicted molar refractivity (Wildman–Crippen MR) is 79.6 cm³/mol. The Kier molecular flexibility index (Phi) is 4.15. The van der Waals surface area contributed by atoms with Crippen LogP contribution in [0.4, 0.5) is 5.69 Å². The van der Waals surface area contributed by atoms with E-state index in [-0.39, 0.29) is 11.7 Å². The molecule has 1 atom stereocenters. The van der Waals surface area contributed by atoms with Crippen molar-refractivity contribution in [3.8, 4) is 0 Å². The molecule has 2 aromatic rings. The van der Waals surface area contributed by atoms with Crippen molar-refractivity contribution in [2.24, 2.45) is 5.73 Å². The van der Waals surface area contributed by atoms with E-state index in [2.05, 4.69) is 32.0 Å². The molecule has 2 rings (SSSR count). The third-order valence-electron chi connectivity index (χ3n) is 3.43. The number of rotatable bonds is 4. The summed E-state index contributed by atoms with van der Waals surface area (Å²) in [6.45, 7) is 4.11. The van der Waals surface area contributed by atoms with Gasteiger partial charge in [0.25, 0.3) is 5.69 Å². The van der Waals surface area contributed by atoms with Crippen molar-refractivity contribution in [2.45, 2.75) is 26.3 Å². The summed E-state index contributed by atoms with van der Waals surface area (Å²) in [5.74, 6) is 0. The highest BCUT2D eigenvalue weighted by Crippen LogP contribution is 2.22. The van der Waals surface area contributed by atoms with Crippen molar-refractivity contribution in [3.63, 3.8) is 0 Å². The molecule has 0 radical (unpaired) electrons. The van der Waals surface area contributed by atoms with Gasteiger partial charge < -0.3 is 5.73 Å². The number of nitro benzene ring substituents is 1. The molecule has 2 N–H and O–H groups in total. The van der Waals surface area contributed by atoms with Gasteiger partial charge in [-0.1, -0.05) is 35.9 Å². The van der Waals surface area contributed by atoms with Crippen molar-refractivity contribution in [3.05, 3.63) is 74.8 Å². The van der Waals surface area contributed by atoms with E-state index in [1.165, 1.54) is 23.3 Å². The van der Waals surface area contributed by atoms with Gasteiger partial charge in [-0.3, -0.25) is 10.1 Å². The lowest BCUT2D eigenvalue weighted by Gasteiger charge is -2.15. The molecule has 4 heteroatoms. The van der Waals surface area contributed by atoms with Gasteiger partial charge in [0.05, 0.1) is 4.92 Å². The summed E-state index contributed by atoms with van der Waals surface area (Å²) in [6, 6.07) is 12.7. The van der Waals surface area contributed by atoms with Crippen LogP contribution in [0.1, 0.15) is 28.3 Å². The van der Waals surface area contributed by atoms with Crippen LogP contribution >= 0.6 is 0 Å². The van der Waals surface area contributed by atoms with Crippen molar-refractivity contribution in [2.75, 3.05) is 0 Å². The van der Waals surface area contributed by atoms with Gasteiger partial charge in [-0.2, -0.15) is 0 Å². The minimum atomic E-state index is -0.395. The van der Waals surface area contributed by atoms with E-state index in [0.29, 0.717) is 6.42 Å². The Labute approximate surface area is 118 Å². The number of hydrogen-bond acceptors (Lipinski definition) is 3. The Balaban J connectivity index is 2.14. The van der Waals surface area contributed by atoms with E-state index >= 15 is 0 Å². The molecule has 1 unspecified atom stereocenters. The topological polar surface area (TPSA) is 69.2 Å². The Morgan fingerprint density at radius 3 is 2.35 bits per heavy atom. The highest BCUT2D eigenvalue weighted by molar-refractivity contribution is 5.36. The Bertz CT molecular complexity index is 621. The Morgan fingerprint density at radius 2 is 1.80 bits per heavy atom. The Morgan fingerprint density at radius 1 is 1.15 bits per heavy atom. The molecule has 0 spiro atoms. The molecule has 0 bridgehead atoms. The molecule has 0 heterocycles. The van der Waals surface area contributed by atoms with E-state index in [0.717, 1.165) is 11.1 Å². The number of nitrogens with zero attached hydrogens (tertiary/aromatic N) is 1. The zero-order valence-electron chi connectivity index (χ0n) is 11.7. The number of nitro groups is 1. The fourth-order valence-electron chi connectivity index (χ4n) is 2.36. The van der Waals surface area contributed by atoms with E-state index < -0.39 is 4.92 Å². The van der Waals surface area contributed by atoms with Gasteiger partial charge in [-0.05, 0) is 37.0 Å². The molecule has 20 heavy (non-hydrogen) atoms. The molecule has 0 saturated heterocycles. The number of non-ortho nitro benzene ring substituents is 1. The predicted octanol–water partition coefficient (Wildman–Crippen LogP) is 3.45. The van der Waals surface area contributed by atoms with Gasteiger partial charge in [0, 0.05) is 18.2 Å². The monoisotopic (exact) mass is 270 g/mol. The smallest absolute Gasteiger partial charge is 0.269 e. The molecular formula is C16H18N2O2.